The van der Waals surface area contributed by atoms with Gasteiger partial charge in [-0.25, -0.2) is 41.1 Å². The average molecular weight is 756 g/mol. The van der Waals surface area contributed by atoms with Crippen molar-refractivity contribution in [2.24, 2.45) is 0 Å². The molecule has 29 nitrogen and oxygen atoms in total. The van der Waals surface area contributed by atoms with E-state index in [9.17, 15) is 41.1 Å². The van der Waals surface area contributed by atoms with Gasteiger partial charge in [-0.1, -0.05) is 0 Å². The number of hydrogen-bond acceptors (Lipinski definition) is 16. The van der Waals surface area contributed by atoms with Crippen molar-refractivity contribution < 1.29 is 135 Å². The normalized spacial score (nSPS) is 21.4. The average Bonchev–Trinajstić information content (AvgIpc) is 2.29. The minimum atomic E-state index is -6.07. The van der Waals surface area contributed by atoms with Gasteiger partial charge in [0.25, 0.3) is 0 Å². The van der Waals surface area contributed by atoms with Crippen molar-refractivity contribution in [2.45, 2.75) is 0 Å². The first-order chi connectivity index (χ1) is 15.9. The third-order valence-electron chi connectivity index (χ3n) is 1.46. The second-order valence-electron chi connectivity index (χ2n) is 4.88. The molecule has 4 unspecified atom stereocenters. The minimum Gasteiger partial charge on any atom is -0.302 e. The largest absolute Gasteiger partial charge is 0.490 e. The second kappa shape index (κ2) is 13.7. The lowest BCUT2D eigenvalue weighted by Crippen LogP contribution is -1.97. The monoisotopic (exact) mass is 756 g/mol. The molecule has 0 saturated heterocycles. The fraction of sp³-hybridized carbons (Fsp3) is 0. The Morgan fingerprint density at radius 3 is 0.447 bits per heavy atom. The Hall–Kier alpha value is 1.27. The van der Waals surface area contributed by atoms with Gasteiger partial charge < -0.3 is 63.6 Å². The van der Waals surface area contributed by atoms with Crippen LogP contribution in [0.3, 0.4) is 0 Å². The van der Waals surface area contributed by atoms with E-state index in [1.54, 1.807) is 0 Å². The van der Waals surface area contributed by atoms with E-state index in [1.165, 1.54) is 0 Å². The molecule has 0 aliphatic rings. The summed E-state index contributed by atoms with van der Waals surface area (Å²) in [7, 11) is -51.9. The molecule has 13 N–H and O–H groups in total. The molecule has 0 bridgehead atoms. The Labute approximate surface area is 205 Å². The fourth-order valence-corrected chi connectivity index (χ4v) is 10.4. The zero-order valence-electron chi connectivity index (χ0n) is 16.4. The summed E-state index contributed by atoms with van der Waals surface area (Å²) in [5.74, 6) is 0. The molecule has 0 aromatic carbocycles. The highest BCUT2D eigenvalue weighted by Gasteiger charge is 2.47. The SMILES string of the molecule is O=P(O)(O)OP(=O)(O)OP(=O)(O)OP(=O)(O)O.O=P(O)(O)OP(=O)(O)OP(=O)(O)OP(=O)(O)OP(=O)(O)O. The fourth-order valence-electron chi connectivity index (χ4n) is 1.00. The highest BCUT2D eigenvalue weighted by atomic mass is 31.3. The van der Waals surface area contributed by atoms with Crippen LogP contribution in [0, 0.1) is 0 Å². The molecule has 0 heterocycles. The zero-order valence-corrected chi connectivity index (χ0v) is 24.4. The van der Waals surface area contributed by atoms with Gasteiger partial charge in [0.1, 0.15) is 0 Å². The second-order valence-corrected chi connectivity index (χ2v) is 18.1. The maximum atomic E-state index is 11.0. The highest BCUT2D eigenvalue weighted by molar-refractivity contribution is 7.71. The van der Waals surface area contributed by atoms with Gasteiger partial charge in [-0.3, -0.25) is 0 Å². The first kappa shape index (κ1) is 41.4. The predicted molar refractivity (Wildman–Crippen MR) is 105 cm³/mol. The van der Waals surface area contributed by atoms with E-state index < -0.39 is 70.4 Å². The summed E-state index contributed by atoms with van der Waals surface area (Å²) >= 11 is 0. The van der Waals surface area contributed by atoms with Gasteiger partial charge >= 0.3 is 70.4 Å². The third-order valence-corrected chi connectivity index (χ3v) is 13.1. The van der Waals surface area contributed by atoms with E-state index in [0.29, 0.717) is 0 Å². The summed E-state index contributed by atoms with van der Waals surface area (Å²) in [6.07, 6.45) is 0. The Bertz CT molecular complexity index is 1140. The molecule has 38 heavy (non-hydrogen) atoms. The van der Waals surface area contributed by atoms with Gasteiger partial charge in [-0.2, -0.15) is 30.2 Å². The van der Waals surface area contributed by atoms with Crippen molar-refractivity contribution in [2.75, 3.05) is 0 Å². The van der Waals surface area contributed by atoms with Crippen molar-refractivity contribution >= 4 is 70.4 Å². The van der Waals surface area contributed by atoms with E-state index in [2.05, 4.69) is 30.2 Å². The quantitative estimate of drug-likeness (QED) is 0.0941. The molecule has 0 saturated carbocycles. The van der Waals surface area contributed by atoms with Crippen molar-refractivity contribution in [3.05, 3.63) is 0 Å². The van der Waals surface area contributed by atoms with Gasteiger partial charge in [0.05, 0.1) is 0 Å². The first-order valence-corrected chi connectivity index (χ1v) is 20.4. The number of hydrogen-bond donors (Lipinski definition) is 13. The lowest BCUT2D eigenvalue weighted by Gasteiger charge is -2.18. The molecule has 0 aromatic rings. The lowest BCUT2D eigenvalue weighted by molar-refractivity contribution is 0.182. The molecule has 0 aliphatic heterocycles. The molecular weight excluding hydrogens is 743 g/mol. The summed E-state index contributed by atoms with van der Waals surface area (Å²) in [4.78, 5) is 108. The molecule has 0 rings (SSSR count). The molecule has 4 atom stereocenters. The summed E-state index contributed by atoms with van der Waals surface area (Å²) < 4.78 is 117. The Morgan fingerprint density at radius 2 is 0.342 bits per heavy atom. The summed E-state index contributed by atoms with van der Waals surface area (Å²) in [5.41, 5.74) is 0. The molecular formula is H13O29P9. The van der Waals surface area contributed by atoms with Crippen LogP contribution in [-0.4, -0.2) is 63.6 Å². The van der Waals surface area contributed by atoms with Crippen LogP contribution in [0.2, 0.25) is 0 Å². The third kappa shape index (κ3) is 26.2. The van der Waals surface area contributed by atoms with Crippen molar-refractivity contribution in [1.82, 2.24) is 0 Å². The van der Waals surface area contributed by atoms with Crippen LogP contribution in [0.15, 0.2) is 0 Å². The molecule has 38 heteroatoms. The lowest BCUT2D eigenvalue weighted by atomic mass is 15.7. The van der Waals surface area contributed by atoms with E-state index in [0.717, 1.165) is 0 Å². The Balaban J connectivity index is 0. The van der Waals surface area contributed by atoms with E-state index >= 15 is 0 Å². The van der Waals surface area contributed by atoms with Crippen LogP contribution in [0.25, 0.3) is 0 Å². The molecule has 0 radical (unpaired) electrons. The van der Waals surface area contributed by atoms with Gasteiger partial charge in [0.2, 0.25) is 0 Å². The molecule has 0 aliphatic carbocycles. The summed E-state index contributed by atoms with van der Waals surface area (Å²) in [6, 6.07) is 0. The molecule has 232 valence electrons. The van der Waals surface area contributed by atoms with Crippen LogP contribution < -0.4 is 0 Å². The number of rotatable bonds is 14. The van der Waals surface area contributed by atoms with Crippen molar-refractivity contribution in [1.29, 1.82) is 0 Å². The van der Waals surface area contributed by atoms with Gasteiger partial charge in [-0.05, 0) is 0 Å². The molecule has 0 spiro atoms. The van der Waals surface area contributed by atoms with Crippen molar-refractivity contribution in [3.8, 4) is 0 Å². The van der Waals surface area contributed by atoms with E-state index in [1.807, 2.05) is 0 Å². The first-order valence-electron chi connectivity index (χ1n) is 6.80. The van der Waals surface area contributed by atoms with Crippen LogP contribution in [0.1, 0.15) is 0 Å². The molecule has 0 aromatic heterocycles. The van der Waals surface area contributed by atoms with Gasteiger partial charge in [0.15, 0.2) is 0 Å². The van der Waals surface area contributed by atoms with Crippen LogP contribution in [-0.2, 0) is 71.3 Å². The Morgan fingerprint density at radius 1 is 0.237 bits per heavy atom. The topological polar surface area (TPSA) is 481 Å². The maximum absolute atomic E-state index is 11.0. The smallest absolute Gasteiger partial charge is 0.302 e. The van der Waals surface area contributed by atoms with E-state index in [-0.39, 0.29) is 0 Å². The molecule has 0 fully saturated rings. The minimum absolute atomic E-state index is 3.05. The Kier molecular flexibility index (Phi) is 14.9. The van der Waals surface area contributed by atoms with Crippen LogP contribution in [0.5, 0.6) is 0 Å². The van der Waals surface area contributed by atoms with Crippen LogP contribution in [0.4, 0.5) is 0 Å². The summed E-state index contributed by atoms with van der Waals surface area (Å²) in [6.45, 7) is 0. The van der Waals surface area contributed by atoms with Gasteiger partial charge in [0, 0.05) is 0 Å². The van der Waals surface area contributed by atoms with E-state index in [4.69, 9.17) is 63.6 Å². The summed E-state index contributed by atoms with van der Waals surface area (Å²) in [5, 5.41) is 0. The molecule has 0 amide bonds. The van der Waals surface area contributed by atoms with Crippen molar-refractivity contribution in [3.63, 3.8) is 0 Å². The number of phosphoric acid groups is 9. The zero-order chi connectivity index (χ0) is 31.4. The predicted octanol–water partition coefficient (Wildman–Crippen LogP) is -1.04. The maximum Gasteiger partial charge on any atom is 0.490 e. The standard InChI is InChI=1S/H7O16P5.H6O13P4/c1-17(2,3)13-19(7,8)15-21(11,12)16-20(9,10)14-18(4,5)6;1-14(2,3)11-16(7,8)13-17(9,10)12-15(4,5)6/h(H,7,8)(H,9,10)(H,11,12)(H2,1,2,3)(H2,4,5,6);(H,7,8)(H,9,10)(H2,1,2,3)(H2,4,5,6). The van der Waals surface area contributed by atoms with Gasteiger partial charge in [-0.15, -0.1) is 0 Å². The van der Waals surface area contributed by atoms with Crippen LogP contribution >= 0.6 is 70.4 Å². The highest BCUT2D eigenvalue weighted by Crippen LogP contribution is 2.73.